The molecule has 0 radical (unpaired) electrons. The van der Waals surface area contributed by atoms with E-state index in [4.69, 9.17) is 0 Å². The van der Waals surface area contributed by atoms with Crippen LogP contribution in [-0.2, 0) is 16.1 Å². The molecule has 1 saturated carbocycles. The third-order valence-electron chi connectivity index (χ3n) is 4.64. The molecule has 112 valence electrons. The lowest BCUT2D eigenvalue weighted by Crippen LogP contribution is -2.36. The molecule has 2 fully saturated rings. The van der Waals surface area contributed by atoms with E-state index in [0.717, 1.165) is 37.7 Å². The third-order valence-corrected chi connectivity index (χ3v) is 5.38. The highest BCUT2D eigenvalue weighted by atomic mass is 79.9. The molecule has 0 atom stereocenters. The first-order valence-corrected chi connectivity index (χ1v) is 8.10. The largest absolute Gasteiger partial charge is 0.278 e. The quantitative estimate of drug-likeness (QED) is 0.758. The Morgan fingerprint density at radius 2 is 1.90 bits per heavy atom. The van der Waals surface area contributed by atoms with Crippen LogP contribution in [0.4, 0.5) is 4.39 Å². The van der Waals surface area contributed by atoms with Crippen LogP contribution in [0.3, 0.4) is 0 Å². The summed E-state index contributed by atoms with van der Waals surface area (Å²) in [6, 6.07) is 4.32. The van der Waals surface area contributed by atoms with Crippen LogP contribution in [-0.4, -0.2) is 16.7 Å². The first-order chi connectivity index (χ1) is 10.0. The molecule has 2 aliphatic rings. The van der Waals surface area contributed by atoms with Crippen LogP contribution in [0.5, 0.6) is 0 Å². The minimum absolute atomic E-state index is 0.0385. The molecule has 1 aliphatic carbocycles. The SMILES string of the molecule is O=C1CC2(CCCCC2)C(=O)N1Cc1ccc(F)cc1Br. The number of rotatable bonds is 2. The van der Waals surface area contributed by atoms with Gasteiger partial charge in [-0.2, -0.15) is 0 Å². The van der Waals surface area contributed by atoms with E-state index in [1.807, 2.05) is 0 Å². The van der Waals surface area contributed by atoms with Crippen molar-refractivity contribution in [3.8, 4) is 0 Å². The second kappa shape index (κ2) is 5.52. The highest BCUT2D eigenvalue weighted by Crippen LogP contribution is 2.45. The van der Waals surface area contributed by atoms with Crippen molar-refractivity contribution in [3.63, 3.8) is 0 Å². The van der Waals surface area contributed by atoms with E-state index in [-0.39, 0.29) is 24.2 Å². The third kappa shape index (κ3) is 2.63. The molecule has 5 heteroatoms. The number of benzene rings is 1. The number of halogens is 2. The summed E-state index contributed by atoms with van der Waals surface area (Å²) in [6.45, 7) is 0.222. The monoisotopic (exact) mass is 353 g/mol. The summed E-state index contributed by atoms with van der Waals surface area (Å²) in [6.07, 6.45) is 5.16. The van der Waals surface area contributed by atoms with E-state index < -0.39 is 5.41 Å². The molecule has 3 rings (SSSR count). The Labute approximate surface area is 131 Å². The Morgan fingerprint density at radius 1 is 1.19 bits per heavy atom. The molecule has 1 heterocycles. The smallest absolute Gasteiger partial charge is 0.236 e. The molecule has 3 nitrogen and oxygen atoms in total. The van der Waals surface area contributed by atoms with Crippen LogP contribution in [0, 0.1) is 11.2 Å². The maximum Gasteiger partial charge on any atom is 0.236 e. The zero-order valence-electron chi connectivity index (χ0n) is 11.7. The lowest BCUT2D eigenvalue weighted by molar-refractivity contribution is -0.142. The Morgan fingerprint density at radius 3 is 2.57 bits per heavy atom. The molecule has 0 bridgehead atoms. The molecule has 0 unspecified atom stereocenters. The van der Waals surface area contributed by atoms with Gasteiger partial charge in [0.2, 0.25) is 11.8 Å². The van der Waals surface area contributed by atoms with Crippen LogP contribution in [0.1, 0.15) is 44.1 Å². The summed E-state index contributed by atoms with van der Waals surface area (Å²) in [5.41, 5.74) is 0.299. The van der Waals surface area contributed by atoms with Gasteiger partial charge >= 0.3 is 0 Å². The summed E-state index contributed by atoms with van der Waals surface area (Å²) in [4.78, 5) is 26.3. The molecule has 1 saturated heterocycles. The number of hydrogen-bond acceptors (Lipinski definition) is 2. The minimum Gasteiger partial charge on any atom is -0.278 e. The van der Waals surface area contributed by atoms with Crippen LogP contribution in [0.15, 0.2) is 22.7 Å². The Bertz CT molecular complexity index is 596. The zero-order valence-corrected chi connectivity index (χ0v) is 13.3. The number of imide groups is 1. The molecule has 1 spiro atoms. The summed E-state index contributed by atoms with van der Waals surface area (Å²) < 4.78 is 13.7. The van der Waals surface area contributed by atoms with Crippen molar-refractivity contribution >= 4 is 27.7 Å². The van der Waals surface area contributed by atoms with Crippen LogP contribution in [0.2, 0.25) is 0 Å². The molecule has 1 aromatic rings. The van der Waals surface area contributed by atoms with Crippen molar-refractivity contribution in [1.29, 1.82) is 0 Å². The number of carbonyl (C=O) groups excluding carboxylic acids is 2. The van der Waals surface area contributed by atoms with Crippen molar-refractivity contribution in [2.75, 3.05) is 0 Å². The van der Waals surface area contributed by atoms with Crippen molar-refractivity contribution in [1.82, 2.24) is 4.90 Å². The number of amides is 2. The van der Waals surface area contributed by atoms with Gasteiger partial charge in [0.15, 0.2) is 0 Å². The topological polar surface area (TPSA) is 37.4 Å². The molecule has 2 amide bonds. The lowest BCUT2D eigenvalue weighted by atomic mass is 9.73. The fraction of sp³-hybridized carbons (Fsp3) is 0.500. The predicted octanol–water partition coefficient (Wildman–Crippen LogP) is 3.80. The fourth-order valence-corrected chi connectivity index (χ4v) is 3.94. The normalized spacial score (nSPS) is 21.3. The van der Waals surface area contributed by atoms with Gasteiger partial charge in [0.1, 0.15) is 5.82 Å². The highest BCUT2D eigenvalue weighted by Gasteiger charge is 2.51. The van der Waals surface area contributed by atoms with E-state index >= 15 is 0 Å². The number of hydrogen-bond donors (Lipinski definition) is 0. The summed E-state index contributed by atoms with van der Waals surface area (Å²) in [7, 11) is 0. The van der Waals surface area contributed by atoms with Gasteiger partial charge in [0, 0.05) is 10.9 Å². The summed E-state index contributed by atoms with van der Waals surface area (Å²) in [5, 5.41) is 0. The Hall–Kier alpha value is -1.23. The van der Waals surface area contributed by atoms with Gasteiger partial charge in [-0.1, -0.05) is 41.3 Å². The zero-order chi connectivity index (χ0) is 15.0. The lowest BCUT2D eigenvalue weighted by Gasteiger charge is -2.30. The second-order valence-electron chi connectivity index (χ2n) is 6.04. The maximum atomic E-state index is 13.1. The second-order valence-corrected chi connectivity index (χ2v) is 6.89. The van der Waals surface area contributed by atoms with E-state index in [9.17, 15) is 14.0 Å². The molecule has 0 aromatic heterocycles. The van der Waals surface area contributed by atoms with Crippen molar-refractivity contribution in [2.24, 2.45) is 5.41 Å². The first kappa shape index (κ1) is 14.7. The summed E-state index contributed by atoms with van der Waals surface area (Å²) in [5.74, 6) is -0.477. The number of nitrogens with zero attached hydrogens (tertiary/aromatic N) is 1. The first-order valence-electron chi connectivity index (χ1n) is 7.31. The Kier molecular flexibility index (Phi) is 3.86. The number of likely N-dealkylation sites (tertiary alicyclic amines) is 1. The van der Waals surface area contributed by atoms with Crippen LogP contribution >= 0.6 is 15.9 Å². The van der Waals surface area contributed by atoms with Crippen LogP contribution < -0.4 is 0 Å². The minimum atomic E-state index is -0.457. The van der Waals surface area contributed by atoms with E-state index in [1.54, 1.807) is 6.07 Å². The van der Waals surface area contributed by atoms with Crippen molar-refractivity contribution in [3.05, 3.63) is 34.1 Å². The maximum absolute atomic E-state index is 13.1. The average molecular weight is 354 g/mol. The van der Waals surface area contributed by atoms with Gasteiger partial charge in [-0.3, -0.25) is 14.5 Å². The number of carbonyl (C=O) groups is 2. The summed E-state index contributed by atoms with van der Waals surface area (Å²) >= 11 is 3.29. The van der Waals surface area contributed by atoms with E-state index in [2.05, 4.69) is 15.9 Å². The van der Waals surface area contributed by atoms with Crippen LogP contribution in [0.25, 0.3) is 0 Å². The molecular weight excluding hydrogens is 337 g/mol. The Balaban J connectivity index is 1.82. The van der Waals surface area contributed by atoms with Gasteiger partial charge < -0.3 is 0 Å². The van der Waals surface area contributed by atoms with Gasteiger partial charge in [0.05, 0.1) is 12.0 Å². The standard InChI is InChI=1S/C16H17BrFNO2/c17-13-8-12(18)5-4-11(13)10-19-14(20)9-16(15(19)21)6-2-1-3-7-16/h4-5,8H,1-3,6-7,9-10H2. The van der Waals surface area contributed by atoms with Gasteiger partial charge in [0.25, 0.3) is 0 Å². The highest BCUT2D eigenvalue weighted by molar-refractivity contribution is 9.10. The fourth-order valence-electron chi connectivity index (χ4n) is 3.46. The van der Waals surface area contributed by atoms with Gasteiger partial charge in [-0.25, -0.2) is 4.39 Å². The van der Waals surface area contributed by atoms with E-state index in [0.29, 0.717) is 10.9 Å². The predicted molar refractivity (Wildman–Crippen MR) is 79.8 cm³/mol. The van der Waals surface area contributed by atoms with Crippen molar-refractivity contribution < 1.29 is 14.0 Å². The molecular formula is C16H17BrFNO2. The van der Waals surface area contributed by atoms with E-state index in [1.165, 1.54) is 17.0 Å². The average Bonchev–Trinajstić information content (AvgIpc) is 2.67. The molecule has 21 heavy (non-hydrogen) atoms. The van der Waals surface area contributed by atoms with Gasteiger partial charge in [-0.15, -0.1) is 0 Å². The van der Waals surface area contributed by atoms with Crippen molar-refractivity contribution in [2.45, 2.75) is 45.1 Å². The van der Waals surface area contributed by atoms with Gasteiger partial charge in [-0.05, 0) is 30.5 Å². The molecule has 1 aromatic carbocycles. The molecule has 1 aliphatic heterocycles. The molecule has 0 N–H and O–H groups in total.